The molecule has 2 N–H and O–H groups in total. The van der Waals surface area contributed by atoms with Crippen LogP contribution in [0.1, 0.15) is 21.7 Å². The van der Waals surface area contributed by atoms with Crippen molar-refractivity contribution in [2.45, 2.75) is 6.92 Å². The van der Waals surface area contributed by atoms with Crippen molar-refractivity contribution in [1.82, 2.24) is 10.9 Å². The summed E-state index contributed by atoms with van der Waals surface area (Å²) in [4.78, 5) is 33.7. The van der Waals surface area contributed by atoms with Gasteiger partial charge < -0.3 is 4.42 Å². The largest absolute Gasteiger partial charge is 0.469 e. The van der Waals surface area contributed by atoms with E-state index in [-0.39, 0.29) is 11.3 Å². The van der Waals surface area contributed by atoms with Crippen molar-refractivity contribution < 1.29 is 18.9 Å². The Morgan fingerprint density at radius 2 is 1.96 bits per heavy atom. The minimum Gasteiger partial charge on any atom is -0.469 e. The van der Waals surface area contributed by atoms with Crippen molar-refractivity contribution in [1.29, 1.82) is 0 Å². The molecule has 0 saturated heterocycles. The lowest BCUT2D eigenvalue weighted by Gasteiger charge is -2.04. The molecule has 1 heterocycles. The van der Waals surface area contributed by atoms with Crippen molar-refractivity contribution in [3.8, 4) is 0 Å². The number of amides is 2. The fraction of sp³-hybridized carbons (Fsp3) is 0.0667. The standard InChI is InChI=1S/C15H13N3O5/c1-10-12(8-9-23-10)15(20)17-16-14(19)7-6-11-4-2-3-5-13(11)18(21)22/h2-9H,1H3,(H,16,19)(H,17,20)/b7-6+. The summed E-state index contributed by atoms with van der Waals surface area (Å²) in [5.41, 5.74) is 4.86. The van der Waals surface area contributed by atoms with Crippen molar-refractivity contribution in [2.75, 3.05) is 0 Å². The minimum atomic E-state index is -0.627. The first-order valence-electron chi connectivity index (χ1n) is 6.55. The molecule has 0 atom stereocenters. The third-order valence-corrected chi connectivity index (χ3v) is 2.95. The maximum absolute atomic E-state index is 11.7. The number of carbonyl (C=O) groups excluding carboxylic acids is 2. The van der Waals surface area contributed by atoms with Gasteiger partial charge in [0.25, 0.3) is 17.5 Å². The van der Waals surface area contributed by atoms with Crippen molar-refractivity contribution >= 4 is 23.6 Å². The lowest BCUT2D eigenvalue weighted by atomic mass is 10.1. The van der Waals surface area contributed by atoms with E-state index in [1.165, 1.54) is 36.6 Å². The number of rotatable bonds is 4. The van der Waals surface area contributed by atoms with E-state index >= 15 is 0 Å². The first-order chi connectivity index (χ1) is 11.0. The number of carbonyl (C=O) groups is 2. The zero-order valence-corrected chi connectivity index (χ0v) is 12.1. The summed E-state index contributed by atoms with van der Waals surface area (Å²) in [5.74, 6) is -0.728. The molecule has 2 amide bonds. The van der Waals surface area contributed by atoms with Gasteiger partial charge in [-0.3, -0.25) is 30.6 Å². The first-order valence-corrected chi connectivity index (χ1v) is 6.55. The monoisotopic (exact) mass is 315 g/mol. The Morgan fingerprint density at radius 3 is 2.61 bits per heavy atom. The van der Waals surface area contributed by atoms with Gasteiger partial charge in [0.05, 0.1) is 22.3 Å². The molecular weight excluding hydrogens is 302 g/mol. The Hall–Kier alpha value is -3.42. The van der Waals surface area contributed by atoms with Crippen molar-refractivity contribution in [3.05, 3.63) is 69.7 Å². The van der Waals surface area contributed by atoms with Gasteiger partial charge in [-0.1, -0.05) is 12.1 Å². The number of furan rings is 1. The van der Waals surface area contributed by atoms with Crippen LogP contribution in [0.5, 0.6) is 0 Å². The Balaban J connectivity index is 1.96. The molecule has 118 valence electrons. The second-order valence-corrected chi connectivity index (χ2v) is 4.48. The molecule has 0 fully saturated rings. The average Bonchev–Trinajstić information content (AvgIpc) is 2.97. The van der Waals surface area contributed by atoms with E-state index in [1.54, 1.807) is 13.0 Å². The molecule has 23 heavy (non-hydrogen) atoms. The second kappa shape index (κ2) is 7.03. The highest BCUT2D eigenvalue weighted by Crippen LogP contribution is 2.18. The first kappa shape index (κ1) is 16.0. The molecule has 2 rings (SSSR count). The molecule has 8 nitrogen and oxygen atoms in total. The SMILES string of the molecule is Cc1occc1C(=O)NNC(=O)/C=C/c1ccccc1[N+](=O)[O-]. The molecule has 0 spiro atoms. The van der Waals surface area contributed by atoms with Crippen LogP contribution >= 0.6 is 0 Å². The molecule has 1 aromatic carbocycles. The quantitative estimate of drug-likeness (QED) is 0.508. The molecule has 0 aliphatic rings. The predicted octanol–water partition coefficient (Wildman–Crippen LogP) is 1.97. The normalized spacial score (nSPS) is 10.5. The zero-order valence-electron chi connectivity index (χ0n) is 12.1. The molecule has 8 heteroatoms. The Kier molecular flexibility index (Phi) is 4.88. The molecular formula is C15H13N3O5. The van der Waals surface area contributed by atoms with Crippen LogP contribution in [-0.2, 0) is 4.79 Å². The van der Waals surface area contributed by atoms with Crippen LogP contribution in [-0.4, -0.2) is 16.7 Å². The molecule has 0 saturated carbocycles. The lowest BCUT2D eigenvalue weighted by Crippen LogP contribution is -2.40. The lowest BCUT2D eigenvalue weighted by molar-refractivity contribution is -0.385. The minimum absolute atomic E-state index is 0.116. The predicted molar refractivity (Wildman–Crippen MR) is 81.2 cm³/mol. The van der Waals surface area contributed by atoms with E-state index in [2.05, 4.69) is 10.9 Å². The van der Waals surface area contributed by atoms with Crippen LogP contribution in [0, 0.1) is 17.0 Å². The van der Waals surface area contributed by atoms with Crippen LogP contribution in [0.3, 0.4) is 0 Å². The second-order valence-electron chi connectivity index (χ2n) is 4.48. The summed E-state index contributed by atoms with van der Waals surface area (Å²) in [6, 6.07) is 7.47. The van der Waals surface area contributed by atoms with E-state index in [0.29, 0.717) is 11.3 Å². The number of nitrogens with one attached hydrogen (secondary N) is 2. The number of nitro groups is 1. The summed E-state index contributed by atoms with van der Waals surface area (Å²) in [6.45, 7) is 1.62. The number of para-hydroxylation sites is 1. The Bertz CT molecular complexity index is 779. The molecule has 0 unspecified atom stereocenters. The van der Waals surface area contributed by atoms with Crippen LogP contribution in [0.25, 0.3) is 6.08 Å². The molecule has 0 aliphatic heterocycles. The van der Waals surface area contributed by atoms with Crippen LogP contribution < -0.4 is 10.9 Å². The summed E-state index contributed by atoms with van der Waals surface area (Å²) >= 11 is 0. The van der Waals surface area contributed by atoms with E-state index in [9.17, 15) is 19.7 Å². The summed E-state index contributed by atoms with van der Waals surface area (Å²) < 4.78 is 4.98. The third kappa shape index (κ3) is 4.03. The van der Waals surface area contributed by atoms with Gasteiger partial charge in [0.1, 0.15) is 5.76 Å². The molecule has 1 aromatic heterocycles. The van der Waals surface area contributed by atoms with Gasteiger partial charge in [-0.05, 0) is 25.1 Å². The number of nitro benzene ring substituents is 1. The highest BCUT2D eigenvalue weighted by atomic mass is 16.6. The van der Waals surface area contributed by atoms with Gasteiger partial charge in [-0.25, -0.2) is 0 Å². The van der Waals surface area contributed by atoms with E-state index in [4.69, 9.17) is 4.42 Å². The molecule has 0 bridgehead atoms. The number of hydrazine groups is 1. The molecule has 2 aromatic rings. The Morgan fingerprint density at radius 1 is 1.22 bits per heavy atom. The maximum atomic E-state index is 11.7. The number of hydrogen-bond donors (Lipinski definition) is 2. The fourth-order valence-corrected chi connectivity index (χ4v) is 1.81. The molecule has 0 aliphatic carbocycles. The van der Waals surface area contributed by atoms with Crippen molar-refractivity contribution in [2.24, 2.45) is 0 Å². The van der Waals surface area contributed by atoms with Crippen LogP contribution in [0.2, 0.25) is 0 Å². The summed E-state index contributed by atoms with van der Waals surface area (Å²) in [7, 11) is 0. The van der Waals surface area contributed by atoms with Crippen LogP contribution in [0.4, 0.5) is 5.69 Å². The number of nitrogens with zero attached hydrogens (tertiary/aromatic N) is 1. The highest BCUT2D eigenvalue weighted by Gasteiger charge is 2.12. The summed E-state index contributed by atoms with van der Waals surface area (Å²) in [6.07, 6.45) is 3.74. The average molecular weight is 315 g/mol. The van der Waals surface area contributed by atoms with Gasteiger partial charge in [-0.2, -0.15) is 0 Å². The van der Waals surface area contributed by atoms with Crippen LogP contribution in [0.15, 0.2) is 47.1 Å². The molecule has 0 radical (unpaired) electrons. The van der Waals surface area contributed by atoms with Gasteiger partial charge in [0.15, 0.2) is 0 Å². The van der Waals surface area contributed by atoms with Gasteiger partial charge >= 0.3 is 0 Å². The van der Waals surface area contributed by atoms with Crippen molar-refractivity contribution in [3.63, 3.8) is 0 Å². The number of hydrogen-bond acceptors (Lipinski definition) is 5. The fourth-order valence-electron chi connectivity index (χ4n) is 1.81. The van der Waals surface area contributed by atoms with E-state index in [1.807, 2.05) is 0 Å². The summed E-state index contributed by atoms with van der Waals surface area (Å²) in [5, 5.41) is 10.8. The Labute approximate surface area is 130 Å². The van der Waals surface area contributed by atoms with E-state index < -0.39 is 16.7 Å². The highest BCUT2D eigenvalue weighted by molar-refractivity contribution is 5.98. The smallest absolute Gasteiger partial charge is 0.276 e. The topological polar surface area (TPSA) is 114 Å². The maximum Gasteiger partial charge on any atom is 0.276 e. The third-order valence-electron chi connectivity index (χ3n) is 2.95. The van der Waals surface area contributed by atoms with Gasteiger partial charge in [0.2, 0.25) is 0 Å². The van der Waals surface area contributed by atoms with Gasteiger partial charge in [-0.15, -0.1) is 0 Å². The number of benzene rings is 1. The number of aryl methyl sites for hydroxylation is 1. The van der Waals surface area contributed by atoms with E-state index in [0.717, 1.165) is 6.08 Å². The van der Waals surface area contributed by atoms with Gasteiger partial charge in [0, 0.05) is 12.1 Å². The zero-order chi connectivity index (χ0) is 16.8.